The zero-order valence-corrected chi connectivity index (χ0v) is 24.6. The lowest BCUT2D eigenvalue weighted by atomic mass is 9.98. The SMILES string of the molecule is c1ccc(-c2ccc(-c3nc(-c4ccccc4)cc(-c4ccc(-c5ccc(-c6ccc7[nH]ccc7c6)cc5)cc4)n3)cc2)cc1. The minimum Gasteiger partial charge on any atom is -0.361 e. The fraction of sp³-hybridized carbons (Fsp3) is 0. The van der Waals surface area contributed by atoms with Gasteiger partial charge in [0, 0.05) is 28.4 Å². The Morgan fingerprint density at radius 1 is 0.333 bits per heavy atom. The molecule has 0 unspecified atom stereocenters. The summed E-state index contributed by atoms with van der Waals surface area (Å²) in [4.78, 5) is 13.3. The number of hydrogen-bond acceptors (Lipinski definition) is 2. The summed E-state index contributed by atoms with van der Waals surface area (Å²) < 4.78 is 0. The van der Waals surface area contributed by atoms with Crippen LogP contribution < -0.4 is 0 Å². The molecule has 212 valence electrons. The molecule has 3 nitrogen and oxygen atoms in total. The number of aromatic nitrogens is 3. The van der Waals surface area contributed by atoms with Gasteiger partial charge >= 0.3 is 0 Å². The second kappa shape index (κ2) is 11.6. The molecule has 0 aliphatic rings. The summed E-state index contributed by atoms with van der Waals surface area (Å²) in [5, 5.41) is 1.22. The zero-order valence-electron chi connectivity index (χ0n) is 24.6. The molecule has 3 heteroatoms. The summed E-state index contributed by atoms with van der Waals surface area (Å²) in [6.07, 6.45) is 1.98. The maximum absolute atomic E-state index is 5.05. The number of nitrogens with zero attached hydrogens (tertiary/aromatic N) is 2. The van der Waals surface area contributed by atoms with Crippen LogP contribution in [0.25, 0.3) is 78.2 Å². The smallest absolute Gasteiger partial charge is 0.160 e. The van der Waals surface area contributed by atoms with E-state index in [0.717, 1.165) is 33.6 Å². The minimum absolute atomic E-state index is 0.712. The van der Waals surface area contributed by atoms with E-state index < -0.39 is 0 Å². The molecule has 8 aromatic rings. The van der Waals surface area contributed by atoms with Gasteiger partial charge in [0.15, 0.2) is 5.82 Å². The van der Waals surface area contributed by atoms with Crippen LogP contribution in [0.4, 0.5) is 0 Å². The summed E-state index contributed by atoms with van der Waals surface area (Å²) >= 11 is 0. The van der Waals surface area contributed by atoms with E-state index in [9.17, 15) is 0 Å². The summed E-state index contributed by atoms with van der Waals surface area (Å²) in [6, 6.07) is 57.4. The van der Waals surface area contributed by atoms with Crippen molar-refractivity contribution in [3.63, 3.8) is 0 Å². The summed E-state index contributed by atoms with van der Waals surface area (Å²) in [6.45, 7) is 0. The van der Waals surface area contributed by atoms with E-state index in [1.165, 1.54) is 38.8 Å². The van der Waals surface area contributed by atoms with Crippen molar-refractivity contribution in [2.75, 3.05) is 0 Å². The number of aromatic amines is 1. The first-order valence-electron chi connectivity index (χ1n) is 15.2. The van der Waals surface area contributed by atoms with Gasteiger partial charge in [-0.1, -0.05) is 140 Å². The lowest BCUT2D eigenvalue weighted by Crippen LogP contribution is -1.96. The second-order valence-electron chi connectivity index (χ2n) is 11.2. The molecule has 0 saturated heterocycles. The Bertz CT molecular complexity index is 2210. The number of benzene rings is 6. The molecule has 8 rings (SSSR count). The highest BCUT2D eigenvalue weighted by atomic mass is 14.9. The van der Waals surface area contributed by atoms with E-state index >= 15 is 0 Å². The molecule has 0 aliphatic carbocycles. The van der Waals surface area contributed by atoms with E-state index in [1.807, 2.05) is 30.5 Å². The van der Waals surface area contributed by atoms with Gasteiger partial charge in [-0.05, 0) is 63.0 Å². The molecule has 6 aromatic carbocycles. The van der Waals surface area contributed by atoms with Crippen LogP contribution in [0.1, 0.15) is 0 Å². The number of rotatable bonds is 6. The van der Waals surface area contributed by atoms with Crippen molar-refractivity contribution in [1.82, 2.24) is 15.0 Å². The fourth-order valence-corrected chi connectivity index (χ4v) is 5.84. The average Bonchev–Trinajstić information content (AvgIpc) is 3.61. The van der Waals surface area contributed by atoms with E-state index in [0.29, 0.717) is 5.82 Å². The number of fused-ring (bicyclic) bond motifs is 1. The summed E-state index contributed by atoms with van der Waals surface area (Å²) in [5.41, 5.74) is 13.2. The molecule has 2 heterocycles. The highest BCUT2D eigenvalue weighted by Gasteiger charge is 2.12. The molecule has 2 aromatic heterocycles. The van der Waals surface area contributed by atoms with Crippen LogP contribution in [0.15, 0.2) is 170 Å². The molecule has 0 amide bonds. The van der Waals surface area contributed by atoms with E-state index in [4.69, 9.17) is 9.97 Å². The van der Waals surface area contributed by atoms with E-state index in [-0.39, 0.29) is 0 Å². The summed E-state index contributed by atoms with van der Waals surface area (Å²) in [5.74, 6) is 0.712. The largest absolute Gasteiger partial charge is 0.361 e. The van der Waals surface area contributed by atoms with Gasteiger partial charge in [-0.2, -0.15) is 0 Å². The van der Waals surface area contributed by atoms with Gasteiger partial charge in [-0.25, -0.2) is 9.97 Å². The average molecular weight is 576 g/mol. The molecule has 1 N–H and O–H groups in total. The quantitative estimate of drug-likeness (QED) is 0.214. The molecule has 0 bridgehead atoms. The molecule has 0 saturated carbocycles. The topological polar surface area (TPSA) is 41.6 Å². The minimum atomic E-state index is 0.712. The molecular weight excluding hydrogens is 546 g/mol. The Kier molecular flexibility index (Phi) is 6.82. The lowest BCUT2D eigenvalue weighted by molar-refractivity contribution is 1.18. The van der Waals surface area contributed by atoms with Crippen LogP contribution in [-0.4, -0.2) is 15.0 Å². The van der Waals surface area contributed by atoms with Gasteiger partial charge in [0.1, 0.15) is 0 Å². The number of H-pyrrole nitrogens is 1. The third-order valence-corrected chi connectivity index (χ3v) is 8.33. The predicted molar refractivity (Wildman–Crippen MR) is 187 cm³/mol. The van der Waals surface area contributed by atoms with E-state index in [1.54, 1.807) is 0 Å². The Balaban J connectivity index is 1.11. The van der Waals surface area contributed by atoms with Crippen LogP contribution >= 0.6 is 0 Å². The predicted octanol–water partition coefficient (Wildman–Crippen LogP) is 11.0. The van der Waals surface area contributed by atoms with Crippen LogP contribution in [0.5, 0.6) is 0 Å². The Hall–Kier alpha value is -6.06. The maximum Gasteiger partial charge on any atom is 0.160 e. The Morgan fingerprint density at radius 2 is 0.756 bits per heavy atom. The molecule has 0 aliphatic heterocycles. The first-order chi connectivity index (χ1) is 22.3. The van der Waals surface area contributed by atoms with Gasteiger partial charge in [0.25, 0.3) is 0 Å². The maximum atomic E-state index is 5.05. The van der Waals surface area contributed by atoms with Crippen LogP contribution in [0, 0.1) is 0 Å². The third-order valence-electron chi connectivity index (χ3n) is 8.33. The van der Waals surface area contributed by atoms with Crippen molar-refractivity contribution < 1.29 is 0 Å². The van der Waals surface area contributed by atoms with Crippen LogP contribution in [0.3, 0.4) is 0 Å². The monoisotopic (exact) mass is 575 g/mol. The number of nitrogens with one attached hydrogen (secondary N) is 1. The first-order valence-corrected chi connectivity index (χ1v) is 15.2. The number of hydrogen-bond donors (Lipinski definition) is 1. The van der Waals surface area contributed by atoms with Crippen molar-refractivity contribution in [3.05, 3.63) is 170 Å². The van der Waals surface area contributed by atoms with Gasteiger partial charge in [0.2, 0.25) is 0 Å². The summed E-state index contributed by atoms with van der Waals surface area (Å²) in [7, 11) is 0. The highest BCUT2D eigenvalue weighted by molar-refractivity contribution is 5.85. The lowest BCUT2D eigenvalue weighted by Gasteiger charge is -2.11. The van der Waals surface area contributed by atoms with Crippen molar-refractivity contribution in [1.29, 1.82) is 0 Å². The van der Waals surface area contributed by atoms with Crippen molar-refractivity contribution in [2.24, 2.45) is 0 Å². The molecule has 0 fully saturated rings. The molecule has 0 atom stereocenters. The third kappa shape index (κ3) is 5.44. The second-order valence-corrected chi connectivity index (χ2v) is 11.2. The first kappa shape index (κ1) is 26.6. The Morgan fingerprint density at radius 3 is 1.33 bits per heavy atom. The van der Waals surface area contributed by atoms with Crippen LogP contribution in [0.2, 0.25) is 0 Å². The van der Waals surface area contributed by atoms with Crippen molar-refractivity contribution in [3.8, 4) is 67.3 Å². The van der Waals surface area contributed by atoms with Gasteiger partial charge < -0.3 is 4.98 Å². The molecule has 0 spiro atoms. The molecule has 0 radical (unpaired) electrons. The standard InChI is InChI=1S/C42H29N3/c1-3-7-29(8-4-1)30-17-21-36(22-18-30)42-44-40(34-9-5-2-6-10-34)28-41(45-42)35-19-15-32(16-20-35)31-11-13-33(14-12-31)37-23-24-39-38(27-37)25-26-43-39/h1-28,43H. The Labute approximate surface area is 262 Å². The fourth-order valence-electron chi connectivity index (χ4n) is 5.84. The molecular formula is C42H29N3. The van der Waals surface area contributed by atoms with Crippen molar-refractivity contribution >= 4 is 10.9 Å². The zero-order chi connectivity index (χ0) is 30.0. The van der Waals surface area contributed by atoms with Gasteiger partial charge in [-0.3, -0.25) is 0 Å². The van der Waals surface area contributed by atoms with Crippen molar-refractivity contribution in [2.45, 2.75) is 0 Å². The van der Waals surface area contributed by atoms with Crippen LogP contribution in [-0.2, 0) is 0 Å². The molecule has 45 heavy (non-hydrogen) atoms. The van der Waals surface area contributed by atoms with Gasteiger partial charge in [0.05, 0.1) is 11.4 Å². The highest BCUT2D eigenvalue weighted by Crippen LogP contribution is 2.31. The normalized spacial score (nSPS) is 11.1. The van der Waals surface area contributed by atoms with Gasteiger partial charge in [-0.15, -0.1) is 0 Å². The van der Waals surface area contributed by atoms with E-state index in [2.05, 4.69) is 145 Å².